The highest BCUT2D eigenvalue weighted by Crippen LogP contribution is 2.52. The van der Waals surface area contributed by atoms with Crippen LogP contribution in [0.25, 0.3) is 0 Å². The number of hydrogen-bond acceptors (Lipinski definition) is 5. The number of aliphatic hydroxyl groups is 1. The van der Waals surface area contributed by atoms with Crippen molar-refractivity contribution in [1.82, 2.24) is 5.32 Å². The number of benzene rings is 1. The highest BCUT2D eigenvalue weighted by molar-refractivity contribution is 6.03. The van der Waals surface area contributed by atoms with Gasteiger partial charge in [0.15, 0.2) is 0 Å². The van der Waals surface area contributed by atoms with Crippen molar-refractivity contribution in [3.8, 4) is 0 Å². The fourth-order valence-electron chi connectivity index (χ4n) is 4.24. The lowest BCUT2D eigenvalue weighted by atomic mass is 9.77. The highest BCUT2D eigenvalue weighted by Gasteiger charge is 2.66. The third-order valence-electron chi connectivity index (χ3n) is 5.31. The Balaban J connectivity index is 1.57. The minimum Gasteiger partial charge on any atom is -0.395 e. The maximum absolute atomic E-state index is 13.1. The third-order valence-corrected chi connectivity index (χ3v) is 5.31. The molecule has 0 saturated carbocycles. The van der Waals surface area contributed by atoms with Gasteiger partial charge in [-0.3, -0.25) is 14.4 Å². The fraction of sp³-hybridized carbons (Fsp3) is 0.421. The molecule has 2 saturated heterocycles. The molecule has 3 heterocycles. The maximum Gasteiger partial charge on any atom is 0.234 e. The summed E-state index contributed by atoms with van der Waals surface area (Å²) in [6.07, 6.45) is 3.32. The number of carbonyl (C=O) groups is 3. The van der Waals surface area contributed by atoms with Crippen LogP contribution in [0.2, 0.25) is 0 Å². The number of aliphatic hydroxyl groups excluding tert-OH is 1. The van der Waals surface area contributed by atoms with E-state index >= 15 is 0 Å². The summed E-state index contributed by atoms with van der Waals surface area (Å²) in [6.45, 7) is 1.76. The molecule has 142 valence electrons. The van der Waals surface area contributed by atoms with Crippen molar-refractivity contribution >= 4 is 29.1 Å². The van der Waals surface area contributed by atoms with Crippen LogP contribution in [0.4, 0.5) is 11.4 Å². The van der Waals surface area contributed by atoms with Gasteiger partial charge in [-0.2, -0.15) is 0 Å². The lowest BCUT2D eigenvalue weighted by Gasteiger charge is -2.23. The summed E-state index contributed by atoms with van der Waals surface area (Å²) in [6, 6.07) is 6.99. The molecule has 3 amide bonds. The largest absolute Gasteiger partial charge is 0.395 e. The van der Waals surface area contributed by atoms with Gasteiger partial charge < -0.3 is 25.4 Å². The van der Waals surface area contributed by atoms with Crippen molar-refractivity contribution in [1.29, 1.82) is 0 Å². The molecule has 1 spiro atoms. The summed E-state index contributed by atoms with van der Waals surface area (Å²) in [7, 11) is 0. The normalized spacial score (nSPS) is 30.5. The quantitative estimate of drug-likeness (QED) is 0.634. The maximum atomic E-state index is 13.1. The van der Waals surface area contributed by atoms with E-state index in [9.17, 15) is 14.4 Å². The number of amides is 3. The van der Waals surface area contributed by atoms with Crippen LogP contribution in [0.1, 0.15) is 6.92 Å². The van der Waals surface area contributed by atoms with Gasteiger partial charge in [-0.1, -0.05) is 12.2 Å². The zero-order valence-corrected chi connectivity index (χ0v) is 14.8. The third kappa shape index (κ3) is 2.81. The van der Waals surface area contributed by atoms with Crippen LogP contribution in [-0.2, 0) is 19.1 Å². The zero-order chi connectivity index (χ0) is 19.2. The Morgan fingerprint density at radius 2 is 2.07 bits per heavy atom. The topological polar surface area (TPSA) is 108 Å². The molecule has 27 heavy (non-hydrogen) atoms. The lowest BCUT2D eigenvalue weighted by Crippen LogP contribution is -2.44. The van der Waals surface area contributed by atoms with Crippen LogP contribution in [-0.4, -0.2) is 54.2 Å². The zero-order valence-electron chi connectivity index (χ0n) is 14.8. The van der Waals surface area contributed by atoms with Gasteiger partial charge in [0.2, 0.25) is 17.7 Å². The number of ether oxygens (including phenoxy) is 1. The SMILES string of the molecule is CC(=O)Nc1ccc(N2C[C@]34C=CC(O3)C(C(=O)NCCO)C4C2=O)cc1. The van der Waals surface area contributed by atoms with E-state index in [2.05, 4.69) is 10.6 Å². The van der Waals surface area contributed by atoms with Crippen LogP contribution in [0, 0.1) is 11.8 Å². The van der Waals surface area contributed by atoms with E-state index in [1.54, 1.807) is 29.2 Å². The highest BCUT2D eigenvalue weighted by atomic mass is 16.5. The molecule has 0 aliphatic carbocycles. The molecule has 3 unspecified atom stereocenters. The molecule has 8 nitrogen and oxygen atoms in total. The van der Waals surface area contributed by atoms with E-state index in [1.165, 1.54) is 6.92 Å². The molecule has 3 aliphatic heterocycles. The van der Waals surface area contributed by atoms with Crippen molar-refractivity contribution in [2.45, 2.75) is 18.6 Å². The summed E-state index contributed by atoms with van der Waals surface area (Å²) < 4.78 is 6.04. The first-order valence-electron chi connectivity index (χ1n) is 8.90. The summed E-state index contributed by atoms with van der Waals surface area (Å²) in [4.78, 5) is 38.4. The van der Waals surface area contributed by atoms with Crippen LogP contribution in [0.15, 0.2) is 36.4 Å². The minimum absolute atomic E-state index is 0.147. The molecule has 3 aliphatic rings. The van der Waals surface area contributed by atoms with Gasteiger partial charge in [-0.15, -0.1) is 0 Å². The van der Waals surface area contributed by atoms with Gasteiger partial charge in [0.05, 0.1) is 31.1 Å². The number of rotatable bonds is 5. The summed E-state index contributed by atoms with van der Waals surface area (Å²) in [5.41, 5.74) is 0.543. The Labute approximate surface area is 156 Å². The van der Waals surface area contributed by atoms with Crippen LogP contribution in [0.5, 0.6) is 0 Å². The van der Waals surface area contributed by atoms with Crippen LogP contribution < -0.4 is 15.5 Å². The molecule has 2 bridgehead atoms. The number of nitrogens with one attached hydrogen (secondary N) is 2. The van der Waals surface area contributed by atoms with Gasteiger partial charge >= 0.3 is 0 Å². The van der Waals surface area contributed by atoms with E-state index < -0.39 is 23.5 Å². The first-order chi connectivity index (χ1) is 12.9. The molecule has 4 atom stereocenters. The standard InChI is InChI=1S/C19H21N3O5/c1-11(24)21-12-2-4-13(5-3-12)22-10-19-7-6-14(27-19)15(16(19)18(22)26)17(25)20-8-9-23/h2-7,14-16,23H,8-10H2,1H3,(H,20,25)(H,21,24)/t14?,15?,16?,19-/m0/s1. The smallest absolute Gasteiger partial charge is 0.234 e. The minimum atomic E-state index is -0.792. The van der Waals surface area contributed by atoms with Crippen molar-refractivity contribution in [3.63, 3.8) is 0 Å². The molecule has 8 heteroatoms. The molecular formula is C19H21N3O5. The molecule has 4 rings (SSSR count). The van der Waals surface area contributed by atoms with Crippen LogP contribution >= 0.6 is 0 Å². The van der Waals surface area contributed by atoms with E-state index in [-0.39, 0.29) is 30.9 Å². The molecule has 1 aromatic rings. The molecule has 3 N–H and O–H groups in total. The number of fused-ring (bicyclic) bond motifs is 1. The van der Waals surface area contributed by atoms with Crippen molar-refractivity contribution in [2.75, 3.05) is 29.9 Å². The second kappa shape index (κ2) is 6.47. The number of hydrogen-bond donors (Lipinski definition) is 3. The Morgan fingerprint density at radius 3 is 2.74 bits per heavy atom. The predicted octanol–water partition coefficient (Wildman–Crippen LogP) is 0.0399. The van der Waals surface area contributed by atoms with Gasteiger partial charge in [-0.25, -0.2) is 0 Å². The Hall–Kier alpha value is -2.71. The number of nitrogens with zero attached hydrogens (tertiary/aromatic N) is 1. The van der Waals surface area contributed by atoms with Gasteiger partial charge in [0.25, 0.3) is 0 Å². The summed E-state index contributed by atoms with van der Waals surface area (Å²) >= 11 is 0. The van der Waals surface area contributed by atoms with E-state index in [0.29, 0.717) is 17.9 Å². The second-order valence-electron chi connectivity index (χ2n) is 7.07. The second-order valence-corrected chi connectivity index (χ2v) is 7.07. The van der Waals surface area contributed by atoms with Gasteiger partial charge in [0.1, 0.15) is 5.60 Å². The molecule has 2 fully saturated rings. The van der Waals surface area contributed by atoms with Gasteiger partial charge in [-0.05, 0) is 24.3 Å². The molecule has 0 radical (unpaired) electrons. The average molecular weight is 371 g/mol. The lowest BCUT2D eigenvalue weighted by molar-refractivity contribution is -0.132. The number of carbonyl (C=O) groups excluding carboxylic acids is 3. The Morgan fingerprint density at radius 1 is 1.33 bits per heavy atom. The Kier molecular flexibility index (Phi) is 4.24. The first-order valence-corrected chi connectivity index (χ1v) is 8.90. The molecular weight excluding hydrogens is 350 g/mol. The average Bonchev–Trinajstić information content (AvgIpc) is 3.28. The summed E-state index contributed by atoms with van der Waals surface area (Å²) in [5, 5.41) is 14.3. The summed E-state index contributed by atoms with van der Waals surface area (Å²) in [5.74, 6) is -1.78. The molecule has 1 aromatic carbocycles. The fourth-order valence-corrected chi connectivity index (χ4v) is 4.24. The van der Waals surface area contributed by atoms with Crippen molar-refractivity contribution in [3.05, 3.63) is 36.4 Å². The van der Waals surface area contributed by atoms with Crippen molar-refractivity contribution in [2.24, 2.45) is 11.8 Å². The van der Waals surface area contributed by atoms with E-state index in [0.717, 1.165) is 0 Å². The monoisotopic (exact) mass is 371 g/mol. The van der Waals surface area contributed by atoms with E-state index in [1.807, 2.05) is 12.2 Å². The van der Waals surface area contributed by atoms with E-state index in [4.69, 9.17) is 9.84 Å². The first kappa shape index (κ1) is 17.7. The predicted molar refractivity (Wildman–Crippen MR) is 96.9 cm³/mol. The van der Waals surface area contributed by atoms with Crippen molar-refractivity contribution < 1.29 is 24.2 Å². The van der Waals surface area contributed by atoms with Crippen LogP contribution in [0.3, 0.4) is 0 Å². The number of anilines is 2. The van der Waals surface area contributed by atoms with Gasteiger partial charge in [0, 0.05) is 24.8 Å². The molecule has 0 aromatic heterocycles. The Bertz CT molecular complexity index is 821.